The van der Waals surface area contributed by atoms with Gasteiger partial charge in [-0.25, -0.2) is 9.97 Å². The second-order valence-corrected chi connectivity index (χ2v) is 4.30. The summed E-state index contributed by atoms with van der Waals surface area (Å²) < 4.78 is 0. The molecule has 1 fully saturated rings. The van der Waals surface area contributed by atoms with Gasteiger partial charge in [0.2, 0.25) is 0 Å². The number of aliphatic hydroxyl groups is 1. The fourth-order valence-electron chi connectivity index (χ4n) is 2.30. The molecule has 0 spiro atoms. The maximum Gasteiger partial charge on any atom is 0.157 e. The molecule has 1 unspecified atom stereocenters. The molecule has 0 amide bonds. The van der Waals surface area contributed by atoms with Gasteiger partial charge in [0.25, 0.3) is 0 Å². The fourth-order valence-corrected chi connectivity index (χ4v) is 2.30. The van der Waals surface area contributed by atoms with Crippen LogP contribution < -0.4 is 0 Å². The van der Waals surface area contributed by atoms with E-state index in [0.717, 1.165) is 12.8 Å². The van der Waals surface area contributed by atoms with E-state index in [-0.39, 0.29) is 0 Å². The average Bonchev–Trinajstić information content (AvgIpc) is 2.58. The zero-order chi connectivity index (χ0) is 10.5. The minimum absolute atomic E-state index is 0.356. The summed E-state index contributed by atoms with van der Waals surface area (Å²) in [5.74, 6) is 0.944. The maximum absolute atomic E-state index is 10.1. The summed E-state index contributed by atoms with van der Waals surface area (Å²) in [6, 6.07) is 1.78. The highest BCUT2D eigenvalue weighted by atomic mass is 16.3. The Labute approximate surface area is 90.6 Å². The predicted octanol–water partition coefficient (Wildman–Crippen LogP) is 2.48. The highest BCUT2D eigenvalue weighted by molar-refractivity contribution is 4.95. The van der Waals surface area contributed by atoms with Crippen molar-refractivity contribution in [2.45, 2.75) is 44.6 Å². The van der Waals surface area contributed by atoms with E-state index in [1.807, 2.05) is 0 Å². The molecular weight excluding hydrogens is 188 g/mol. The van der Waals surface area contributed by atoms with Crippen molar-refractivity contribution in [2.24, 2.45) is 5.92 Å². The number of aromatic nitrogens is 2. The molecule has 0 aliphatic heterocycles. The van der Waals surface area contributed by atoms with Crippen molar-refractivity contribution in [3.05, 3.63) is 24.3 Å². The lowest BCUT2D eigenvalue weighted by Gasteiger charge is -2.19. The Morgan fingerprint density at radius 1 is 1.07 bits per heavy atom. The molecule has 0 bridgehead atoms. The van der Waals surface area contributed by atoms with Gasteiger partial charge in [0.1, 0.15) is 6.10 Å². The van der Waals surface area contributed by atoms with Crippen molar-refractivity contribution < 1.29 is 5.11 Å². The minimum Gasteiger partial charge on any atom is -0.385 e. The predicted molar refractivity (Wildman–Crippen MR) is 58.2 cm³/mol. The van der Waals surface area contributed by atoms with Crippen LogP contribution in [0.5, 0.6) is 0 Å². The molecule has 2 rings (SSSR count). The molecule has 3 nitrogen and oxygen atoms in total. The minimum atomic E-state index is -0.468. The zero-order valence-electron chi connectivity index (χ0n) is 8.97. The highest BCUT2D eigenvalue weighted by Crippen LogP contribution is 2.31. The quantitative estimate of drug-likeness (QED) is 0.756. The summed E-state index contributed by atoms with van der Waals surface area (Å²) >= 11 is 0. The summed E-state index contributed by atoms with van der Waals surface area (Å²) in [6.45, 7) is 0. The first-order valence-electron chi connectivity index (χ1n) is 5.83. The first-order valence-corrected chi connectivity index (χ1v) is 5.83. The number of rotatable bonds is 2. The van der Waals surface area contributed by atoms with E-state index < -0.39 is 6.10 Å². The van der Waals surface area contributed by atoms with Gasteiger partial charge in [-0.05, 0) is 24.8 Å². The van der Waals surface area contributed by atoms with Crippen LogP contribution in [0.3, 0.4) is 0 Å². The first-order chi connectivity index (χ1) is 7.38. The fraction of sp³-hybridized carbons (Fsp3) is 0.667. The Kier molecular flexibility index (Phi) is 3.67. The van der Waals surface area contributed by atoms with Gasteiger partial charge >= 0.3 is 0 Å². The number of aliphatic hydroxyl groups excluding tert-OH is 1. The van der Waals surface area contributed by atoms with Crippen molar-refractivity contribution in [2.75, 3.05) is 0 Å². The molecule has 1 aliphatic carbocycles. The van der Waals surface area contributed by atoms with Gasteiger partial charge in [-0.1, -0.05) is 25.7 Å². The van der Waals surface area contributed by atoms with Crippen molar-refractivity contribution in [1.29, 1.82) is 0 Å². The van der Waals surface area contributed by atoms with Crippen molar-refractivity contribution in [3.63, 3.8) is 0 Å². The standard InChI is InChI=1S/C12H18N2O/c15-11(12-13-8-5-9-14-12)10-6-3-1-2-4-7-10/h5,8-11,15H,1-4,6-7H2. The molecule has 1 N–H and O–H groups in total. The topological polar surface area (TPSA) is 46.0 Å². The average molecular weight is 206 g/mol. The molecule has 15 heavy (non-hydrogen) atoms. The monoisotopic (exact) mass is 206 g/mol. The third-order valence-electron chi connectivity index (χ3n) is 3.20. The van der Waals surface area contributed by atoms with Gasteiger partial charge in [-0.3, -0.25) is 0 Å². The summed E-state index contributed by atoms with van der Waals surface area (Å²) in [4.78, 5) is 8.25. The van der Waals surface area contributed by atoms with E-state index in [9.17, 15) is 5.11 Å². The third kappa shape index (κ3) is 2.75. The molecular formula is C12H18N2O. The van der Waals surface area contributed by atoms with E-state index in [1.54, 1.807) is 18.5 Å². The second-order valence-electron chi connectivity index (χ2n) is 4.30. The smallest absolute Gasteiger partial charge is 0.157 e. The number of nitrogens with zero attached hydrogens (tertiary/aromatic N) is 2. The molecule has 1 saturated carbocycles. The Hall–Kier alpha value is -0.960. The molecule has 82 valence electrons. The van der Waals surface area contributed by atoms with Crippen LogP contribution in [0.2, 0.25) is 0 Å². The van der Waals surface area contributed by atoms with E-state index in [2.05, 4.69) is 9.97 Å². The molecule has 1 aromatic rings. The van der Waals surface area contributed by atoms with Crippen molar-refractivity contribution in [3.8, 4) is 0 Å². The van der Waals surface area contributed by atoms with Crippen LogP contribution in [0.15, 0.2) is 18.5 Å². The van der Waals surface area contributed by atoms with Gasteiger partial charge in [-0.15, -0.1) is 0 Å². The zero-order valence-corrected chi connectivity index (χ0v) is 8.97. The van der Waals surface area contributed by atoms with Crippen molar-refractivity contribution >= 4 is 0 Å². The molecule has 1 aromatic heterocycles. The lowest BCUT2D eigenvalue weighted by Crippen LogP contribution is -2.14. The van der Waals surface area contributed by atoms with Crippen LogP contribution in [0.25, 0.3) is 0 Å². The Morgan fingerprint density at radius 3 is 2.27 bits per heavy atom. The second kappa shape index (κ2) is 5.21. The van der Waals surface area contributed by atoms with Crippen LogP contribution in [0.4, 0.5) is 0 Å². The van der Waals surface area contributed by atoms with Crippen LogP contribution in [0, 0.1) is 5.92 Å². The normalized spacial score (nSPS) is 20.9. The van der Waals surface area contributed by atoms with Gasteiger partial charge < -0.3 is 5.11 Å². The Balaban J connectivity index is 2.03. The highest BCUT2D eigenvalue weighted by Gasteiger charge is 2.23. The van der Waals surface area contributed by atoms with Gasteiger partial charge in [0.15, 0.2) is 5.82 Å². The van der Waals surface area contributed by atoms with Gasteiger partial charge in [0.05, 0.1) is 0 Å². The van der Waals surface area contributed by atoms with E-state index in [4.69, 9.17) is 0 Å². The number of hydrogen-bond donors (Lipinski definition) is 1. The first kappa shape index (κ1) is 10.6. The van der Waals surface area contributed by atoms with Crippen LogP contribution >= 0.6 is 0 Å². The third-order valence-corrected chi connectivity index (χ3v) is 3.20. The van der Waals surface area contributed by atoms with E-state index >= 15 is 0 Å². The lowest BCUT2D eigenvalue weighted by molar-refractivity contribution is 0.0904. The van der Waals surface area contributed by atoms with Gasteiger partial charge in [-0.2, -0.15) is 0 Å². The SMILES string of the molecule is OC(c1ncccn1)C1CCCCCC1. The van der Waals surface area contributed by atoms with E-state index in [1.165, 1.54) is 25.7 Å². The van der Waals surface area contributed by atoms with Crippen LogP contribution in [-0.4, -0.2) is 15.1 Å². The van der Waals surface area contributed by atoms with Gasteiger partial charge in [0, 0.05) is 12.4 Å². The molecule has 1 aliphatic rings. The summed E-state index contributed by atoms with van der Waals surface area (Å²) in [6.07, 6.45) is 10.2. The summed E-state index contributed by atoms with van der Waals surface area (Å²) in [7, 11) is 0. The van der Waals surface area contributed by atoms with Crippen LogP contribution in [-0.2, 0) is 0 Å². The molecule has 3 heteroatoms. The largest absolute Gasteiger partial charge is 0.385 e. The van der Waals surface area contributed by atoms with Crippen LogP contribution in [0.1, 0.15) is 50.5 Å². The molecule has 0 saturated heterocycles. The van der Waals surface area contributed by atoms with E-state index in [0.29, 0.717) is 11.7 Å². The Morgan fingerprint density at radius 2 is 1.67 bits per heavy atom. The lowest BCUT2D eigenvalue weighted by atomic mass is 9.93. The maximum atomic E-state index is 10.1. The molecule has 1 heterocycles. The molecule has 0 radical (unpaired) electrons. The van der Waals surface area contributed by atoms with Crippen molar-refractivity contribution in [1.82, 2.24) is 9.97 Å². The summed E-state index contributed by atoms with van der Waals surface area (Å²) in [5.41, 5.74) is 0. The molecule has 1 atom stereocenters. The molecule has 0 aromatic carbocycles. The Bertz CT molecular complexity index is 281. The summed E-state index contributed by atoms with van der Waals surface area (Å²) in [5, 5.41) is 10.1. The number of hydrogen-bond acceptors (Lipinski definition) is 3.